The van der Waals surface area contributed by atoms with Crippen LogP contribution in [0, 0.1) is 5.82 Å². The van der Waals surface area contributed by atoms with E-state index in [-0.39, 0.29) is 17.5 Å². The predicted octanol–water partition coefficient (Wildman–Crippen LogP) is 4.85. The summed E-state index contributed by atoms with van der Waals surface area (Å²) in [5.74, 6) is -0.528. The van der Waals surface area contributed by atoms with Gasteiger partial charge in [0.05, 0.1) is 5.69 Å². The highest BCUT2D eigenvalue weighted by Crippen LogP contribution is 2.21. The monoisotopic (exact) mass is 377 g/mol. The minimum atomic E-state index is -0.773. The van der Waals surface area contributed by atoms with Crippen molar-refractivity contribution in [2.24, 2.45) is 0 Å². The average Bonchev–Trinajstić information content (AvgIpc) is 2.73. The van der Waals surface area contributed by atoms with Crippen molar-refractivity contribution in [1.82, 2.24) is 0 Å². The number of hydrogen-bond donors (Lipinski definition) is 1. The molecule has 1 amide bonds. The van der Waals surface area contributed by atoms with Gasteiger partial charge in [-0.2, -0.15) is 0 Å². The standard InChI is InChI=1S/C23H20FNO3/c1-2-21(28-18-14-12-17(24)13-15-18)23(27)25-20-11-7-6-10-19(20)22(26)16-8-4-3-5-9-16/h3-15,21H,2H2,1H3,(H,25,27). The SMILES string of the molecule is CCC(Oc1ccc(F)cc1)C(=O)Nc1ccccc1C(=O)c1ccccc1. The van der Waals surface area contributed by atoms with Gasteiger partial charge < -0.3 is 10.1 Å². The molecule has 1 atom stereocenters. The fourth-order valence-electron chi connectivity index (χ4n) is 2.75. The van der Waals surface area contributed by atoms with Gasteiger partial charge in [-0.1, -0.05) is 49.4 Å². The zero-order valence-corrected chi connectivity index (χ0v) is 15.4. The van der Waals surface area contributed by atoms with Crippen LogP contribution in [0.15, 0.2) is 78.9 Å². The second-order valence-electron chi connectivity index (χ2n) is 6.20. The molecule has 1 N–H and O–H groups in total. The van der Waals surface area contributed by atoms with Crippen LogP contribution < -0.4 is 10.1 Å². The van der Waals surface area contributed by atoms with Crippen LogP contribution in [0.25, 0.3) is 0 Å². The molecule has 5 heteroatoms. The lowest BCUT2D eigenvalue weighted by Crippen LogP contribution is -2.32. The zero-order chi connectivity index (χ0) is 19.9. The molecule has 0 aliphatic rings. The maximum absolute atomic E-state index is 13.0. The van der Waals surface area contributed by atoms with E-state index < -0.39 is 6.10 Å². The first-order valence-corrected chi connectivity index (χ1v) is 9.00. The summed E-state index contributed by atoms with van der Waals surface area (Å²) in [5, 5.41) is 2.78. The van der Waals surface area contributed by atoms with Crippen molar-refractivity contribution in [2.45, 2.75) is 19.4 Å². The van der Waals surface area contributed by atoms with E-state index in [1.165, 1.54) is 24.3 Å². The number of ether oxygens (including phenoxy) is 1. The van der Waals surface area contributed by atoms with Crippen molar-refractivity contribution in [3.8, 4) is 5.75 Å². The molecule has 0 radical (unpaired) electrons. The van der Waals surface area contributed by atoms with Crippen LogP contribution in [0.1, 0.15) is 29.3 Å². The summed E-state index contributed by atoms with van der Waals surface area (Å²) in [6.07, 6.45) is -0.358. The van der Waals surface area contributed by atoms with Crippen molar-refractivity contribution < 1.29 is 18.7 Å². The number of carbonyl (C=O) groups is 2. The lowest BCUT2D eigenvalue weighted by atomic mass is 10.0. The van der Waals surface area contributed by atoms with Crippen molar-refractivity contribution in [1.29, 1.82) is 0 Å². The summed E-state index contributed by atoms with van der Waals surface area (Å²) in [7, 11) is 0. The molecule has 0 saturated carbocycles. The van der Waals surface area contributed by atoms with Crippen LogP contribution >= 0.6 is 0 Å². The smallest absolute Gasteiger partial charge is 0.265 e. The van der Waals surface area contributed by atoms with Crippen molar-refractivity contribution in [2.75, 3.05) is 5.32 Å². The summed E-state index contributed by atoms with van der Waals surface area (Å²) in [6.45, 7) is 1.81. The van der Waals surface area contributed by atoms with Crippen LogP contribution in [0.4, 0.5) is 10.1 Å². The van der Waals surface area contributed by atoms with E-state index in [1.54, 1.807) is 48.5 Å². The van der Waals surface area contributed by atoms with E-state index in [1.807, 2.05) is 13.0 Å². The third kappa shape index (κ3) is 4.62. The third-order valence-electron chi connectivity index (χ3n) is 4.22. The molecule has 0 aliphatic carbocycles. The zero-order valence-electron chi connectivity index (χ0n) is 15.4. The Labute approximate surface area is 163 Å². The van der Waals surface area contributed by atoms with Crippen LogP contribution in [0.5, 0.6) is 5.75 Å². The highest BCUT2D eigenvalue weighted by molar-refractivity contribution is 6.14. The number of para-hydroxylation sites is 1. The van der Waals surface area contributed by atoms with Crippen LogP contribution in [0.3, 0.4) is 0 Å². The molecule has 0 saturated heterocycles. The number of ketones is 1. The van der Waals surface area contributed by atoms with E-state index in [4.69, 9.17) is 4.74 Å². The fraction of sp³-hybridized carbons (Fsp3) is 0.130. The average molecular weight is 377 g/mol. The Morgan fingerprint density at radius 3 is 2.25 bits per heavy atom. The van der Waals surface area contributed by atoms with Crippen LogP contribution in [-0.2, 0) is 4.79 Å². The van der Waals surface area contributed by atoms with Crippen molar-refractivity contribution in [3.63, 3.8) is 0 Å². The van der Waals surface area contributed by atoms with Crippen molar-refractivity contribution in [3.05, 3.63) is 95.8 Å². The lowest BCUT2D eigenvalue weighted by Gasteiger charge is -2.18. The molecular weight excluding hydrogens is 357 g/mol. The number of benzene rings is 3. The minimum absolute atomic E-state index is 0.177. The Hall–Kier alpha value is -3.47. The molecule has 4 nitrogen and oxygen atoms in total. The van der Waals surface area contributed by atoms with Gasteiger partial charge in [-0.05, 0) is 42.8 Å². The van der Waals surface area contributed by atoms with Gasteiger partial charge in [0.25, 0.3) is 5.91 Å². The van der Waals surface area contributed by atoms with Gasteiger partial charge in [0.1, 0.15) is 11.6 Å². The third-order valence-corrected chi connectivity index (χ3v) is 4.22. The topological polar surface area (TPSA) is 55.4 Å². The highest BCUT2D eigenvalue weighted by Gasteiger charge is 2.21. The van der Waals surface area contributed by atoms with Gasteiger partial charge in [0.2, 0.25) is 0 Å². The van der Waals surface area contributed by atoms with E-state index in [9.17, 15) is 14.0 Å². The van der Waals surface area contributed by atoms with Gasteiger partial charge >= 0.3 is 0 Å². The Morgan fingerprint density at radius 1 is 0.929 bits per heavy atom. The van der Waals surface area contributed by atoms with Crippen LogP contribution in [0.2, 0.25) is 0 Å². The Kier molecular flexibility index (Phi) is 6.17. The van der Waals surface area contributed by atoms with E-state index in [0.717, 1.165) is 0 Å². The number of rotatable bonds is 7. The largest absolute Gasteiger partial charge is 0.481 e. The van der Waals surface area contributed by atoms with Gasteiger partial charge in [0.15, 0.2) is 11.9 Å². The molecule has 3 rings (SSSR count). The summed E-state index contributed by atoms with van der Waals surface area (Å²) >= 11 is 0. The number of hydrogen-bond acceptors (Lipinski definition) is 3. The Morgan fingerprint density at radius 2 is 1.57 bits per heavy atom. The summed E-state index contributed by atoms with van der Waals surface area (Å²) in [6, 6.07) is 21.2. The quantitative estimate of drug-likeness (QED) is 0.599. The molecule has 0 spiro atoms. The molecule has 1 unspecified atom stereocenters. The summed E-state index contributed by atoms with van der Waals surface area (Å²) in [5.41, 5.74) is 1.36. The highest BCUT2D eigenvalue weighted by atomic mass is 19.1. The normalized spacial score (nSPS) is 11.5. The Balaban J connectivity index is 1.78. The van der Waals surface area contributed by atoms with Gasteiger partial charge in [-0.3, -0.25) is 9.59 Å². The molecule has 28 heavy (non-hydrogen) atoms. The van der Waals surface area contributed by atoms with Gasteiger partial charge in [0, 0.05) is 11.1 Å². The minimum Gasteiger partial charge on any atom is -0.481 e. The molecule has 3 aromatic carbocycles. The number of amides is 1. The molecule has 0 heterocycles. The summed E-state index contributed by atoms with van der Waals surface area (Å²) in [4.78, 5) is 25.5. The first kappa shape index (κ1) is 19.3. The molecular formula is C23H20FNO3. The summed E-state index contributed by atoms with van der Waals surface area (Å²) < 4.78 is 18.7. The van der Waals surface area contributed by atoms with Crippen LogP contribution in [-0.4, -0.2) is 17.8 Å². The van der Waals surface area contributed by atoms with Crippen molar-refractivity contribution >= 4 is 17.4 Å². The van der Waals surface area contributed by atoms with E-state index >= 15 is 0 Å². The Bertz CT molecular complexity index is 955. The van der Waals surface area contributed by atoms with E-state index in [2.05, 4.69) is 5.32 Å². The number of anilines is 1. The predicted molar refractivity (Wildman–Crippen MR) is 106 cm³/mol. The number of nitrogens with one attached hydrogen (secondary N) is 1. The lowest BCUT2D eigenvalue weighted by molar-refractivity contribution is -0.122. The van der Waals surface area contributed by atoms with E-state index in [0.29, 0.717) is 29.0 Å². The second-order valence-corrected chi connectivity index (χ2v) is 6.20. The molecule has 0 aliphatic heterocycles. The molecule has 0 aromatic heterocycles. The molecule has 3 aromatic rings. The molecule has 0 bridgehead atoms. The first-order valence-electron chi connectivity index (χ1n) is 9.00. The maximum atomic E-state index is 13.0. The molecule has 0 fully saturated rings. The molecule has 142 valence electrons. The first-order chi connectivity index (χ1) is 13.6. The van der Waals surface area contributed by atoms with Gasteiger partial charge in [-0.15, -0.1) is 0 Å². The fourth-order valence-corrected chi connectivity index (χ4v) is 2.75. The second kappa shape index (κ2) is 8.95. The number of halogens is 1. The number of carbonyl (C=O) groups excluding carboxylic acids is 2. The van der Waals surface area contributed by atoms with Gasteiger partial charge in [-0.25, -0.2) is 4.39 Å². The maximum Gasteiger partial charge on any atom is 0.265 e.